The maximum Gasteiger partial charge on any atom is 0.309 e. The second-order valence-corrected chi connectivity index (χ2v) is 11.1. The normalized spacial score (nSPS) is 23.8. The lowest BCUT2D eigenvalue weighted by molar-refractivity contribution is -0.260. The molecule has 1 aliphatic heterocycles. The third-order valence-corrected chi connectivity index (χ3v) is 5.03. The van der Waals surface area contributed by atoms with Crippen molar-refractivity contribution in [3.05, 3.63) is 0 Å². The van der Waals surface area contributed by atoms with Crippen LogP contribution in [-0.2, 0) is 9.53 Å². The van der Waals surface area contributed by atoms with Gasteiger partial charge in [-0.15, -0.1) is 0 Å². The Morgan fingerprint density at radius 2 is 1.50 bits per heavy atom. The Balaban J connectivity index is 2.91. The van der Waals surface area contributed by atoms with Gasteiger partial charge in [-0.3, -0.25) is 4.79 Å². The highest BCUT2D eigenvalue weighted by Crippen LogP contribution is 2.41. The molecule has 0 aromatic carbocycles. The van der Waals surface area contributed by atoms with Crippen molar-refractivity contribution in [3.8, 4) is 0 Å². The topological polar surface area (TPSA) is 49.8 Å². The minimum atomic E-state index is -0.409. The largest absolute Gasteiger partial charge is 0.462 e. The Kier molecular flexibility index (Phi) is 5.90. The fourth-order valence-corrected chi connectivity index (χ4v) is 3.86. The maximum absolute atomic E-state index is 12.9. The Morgan fingerprint density at radius 3 is 1.83 bits per heavy atom. The summed E-state index contributed by atoms with van der Waals surface area (Å²) in [5.41, 5.74) is -0.876. The summed E-state index contributed by atoms with van der Waals surface area (Å²) in [6.07, 6.45) is 1.94. The van der Waals surface area contributed by atoms with Crippen LogP contribution in [0.25, 0.3) is 0 Å². The van der Waals surface area contributed by atoms with Crippen LogP contribution < -0.4 is 0 Å². The standard InChI is InChI=1S/C20H39NO3/c1-17(2,3)13-15(18(4,5)6)16(22)24-14-11-19(7,8)21(23)20(9,10)12-14/h14-15,23H,11-13H2,1-10H3. The molecule has 1 rings (SSSR count). The number of piperidine rings is 1. The minimum Gasteiger partial charge on any atom is -0.462 e. The molecule has 0 saturated carbocycles. The molecule has 1 fully saturated rings. The summed E-state index contributed by atoms with van der Waals surface area (Å²) in [7, 11) is 0. The highest BCUT2D eigenvalue weighted by atomic mass is 16.5. The number of nitrogens with zero attached hydrogens (tertiary/aromatic N) is 1. The number of ether oxygens (including phenoxy) is 1. The van der Waals surface area contributed by atoms with Crippen molar-refractivity contribution in [1.29, 1.82) is 0 Å². The van der Waals surface area contributed by atoms with Crippen molar-refractivity contribution in [2.24, 2.45) is 16.7 Å². The predicted molar refractivity (Wildman–Crippen MR) is 97.9 cm³/mol. The average Bonchev–Trinajstić information content (AvgIpc) is 2.29. The number of hydrogen-bond donors (Lipinski definition) is 1. The van der Waals surface area contributed by atoms with Crippen molar-refractivity contribution in [1.82, 2.24) is 5.06 Å². The van der Waals surface area contributed by atoms with E-state index in [9.17, 15) is 10.0 Å². The molecule has 24 heavy (non-hydrogen) atoms. The molecule has 142 valence electrons. The highest BCUT2D eigenvalue weighted by Gasteiger charge is 2.47. The second-order valence-electron chi connectivity index (χ2n) is 11.1. The van der Waals surface area contributed by atoms with E-state index in [1.807, 2.05) is 27.7 Å². The van der Waals surface area contributed by atoms with Crippen LogP contribution in [-0.4, -0.2) is 33.4 Å². The number of carbonyl (C=O) groups excluding carboxylic acids is 1. The third kappa shape index (κ3) is 5.45. The van der Waals surface area contributed by atoms with Gasteiger partial charge in [0.2, 0.25) is 0 Å². The van der Waals surface area contributed by atoms with Crippen LogP contribution in [0.15, 0.2) is 0 Å². The molecule has 1 N–H and O–H groups in total. The van der Waals surface area contributed by atoms with Crippen LogP contribution in [0.1, 0.15) is 88.5 Å². The lowest BCUT2D eigenvalue weighted by Gasteiger charge is -2.51. The van der Waals surface area contributed by atoms with Gasteiger partial charge in [-0.2, -0.15) is 5.06 Å². The highest BCUT2D eigenvalue weighted by molar-refractivity contribution is 5.73. The zero-order valence-electron chi connectivity index (χ0n) is 17.5. The number of hydroxylamine groups is 2. The Hall–Kier alpha value is -0.610. The first-order valence-corrected chi connectivity index (χ1v) is 9.15. The van der Waals surface area contributed by atoms with Gasteiger partial charge in [0, 0.05) is 23.9 Å². The first-order chi connectivity index (χ1) is 10.5. The molecule has 1 saturated heterocycles. The van der Waals surface area contributed by atoms with E-state index in [1.165, 1.54) is 5.06 Å². The number of hydrogen-bond acceptors (Lipinski definition) is 4. The van der Waals surface area contributed by atoms with E-state index >= 15 is 0 Å². The molecule has 4 nitrogen and oxygen atoms in total. The van der Waals surface area contributed by atoms with E-state index in [2.05, 4.69) is 41.5 Å². The zero-order chi connectivity index (χ0) is 19.1. The molecule has 4 heteroatoms. The molecular weight excluding hydrogens is 302 g/mol. The molecule has 0 radical (unpaired) electrons. The lowest BCUT2D eigenvalue weighted by atomic mass is 9.72. The average molecular weight is 342 g/mol. The third-order valence-electron chi connectivity index (χ3n) is 5.03. The van der Waals surface area contributed by atoms with E-state index in [0.717, 1.165) is 6.42 Å². The molecule has 0 aromatic rings. The van der Waals surface area contributed by atoms with E-state index in [0.29, 0.717) is 12.8 Å². The SMILES string of the molecule is CC(C)(C)CC(C(=O)OC1CC(C)(C)N(O)C(C)(C)C1)C(C)(C)C. The molecule has 1 heterocycles. The summed E-state index contributed by atoms with van der Waals surface area (Å²) in [5.74, 6) is -0.226. The van der Waals surface area contributed by atoms with Crippen molar-refractivity contribution >= 4 is 5.97 Å². The van der Waals surface area contributed by atoms with Gasteiger partial charge in [0.25, 0.3) is 0 Å². The van der Waals surface area contributed by atoms with Crippen LogP contribution in [0.3, 0.4) is 0 Å². The molecular formula is C20H39NO3. The molecule has 0 bridgehead atoms. The van der Waals surface area contributed by atoms with Crippen LogP contribution in [0, 0.1) is 16.7 Å². The first kappa shape index (κ1) is 21.4. The summed E-state index contributed by atoms with van der Waals surface area (Å²) in [6, 6.07) is 0. The Morgan fingerprint density at radius 1 is 1.08 bits per heavy atom. The van der Waals surface area contributed by atoms with E-state index in [4.69, 9.17) is 4.74 Å². The summed E-state index contributed by atoms with van der Waals surface area (Å²) in [6.45, 7) is 20.8. The molecule has 1 unspecified atom stereocenters. The monoisotopic (exact) mass is 341 g/mol. The minimum absolute atomic E-state index is 0.0734. The second kappa shape index (κ2) is 6.60. The first-order valence-electron chi connectivity index (χ1n) is 9.15. The fraction of sp³-hybridized carbons (Fsp3) is 0.950. The van der Waals surface area contributed by atoms with Crippen LogP contribution in [0.5, 0.6) is 0 Å². The van der Waals surface area contributed by atoms with Crippen molar-refractivity contribution < 1.29 is 14.7 Å². The van der Waals surface area contributed by atoms with Crippen molar-refractivity contribution in [3.63, 3.8) is 0 Å². The molecule has 0 aromatic heterocycles. The van der Waals surface area contributed by atoms with Gasteiger partial charge in [0.1, 0.15) is 6.10 Å². The van der Waals surface area contributed by atoms with Gasteiger partial charge >= 0.3 is 5.97 Å². The van der Waals surface area contributed by atoms with E-state index in [-0.39, 0.29) is 28.8 Å². The Labute approximate surface area is 148 Å². The number of carbonyl (C=O) groups is 1. The van der Waals surface area contributed by atoms with Crippen LogP contribution >= 0.6 is 0 Å². The summed E-state index contributed by atoms with van der Waals surface area (Å²) in [4.78, 5) is 12.9. The molecule has 0 spiro atoms. The molecule has 1 atom stereocenters. The van der Waals surface area contributed by atoms with Gasteiger partial charge in [-0.05, 0) is 44.9 Å². The van der Waals surface area contributed by atoms with Gasteiger partial charge in [0.15, 0.2) is 0 Å². The van der Waals surface area contributed by atoms with E-state index < -0.39 is 11.1 Å². The molecule has 0 amide bonds. The lowest BCUT2D eigenvalue weighted by Crippen LogP contribution is -2.60. The molecule has 1 aliphatic rings. The predicted octanol–water partition coefficient (Wildman–Crippen LogP) is 5.04. The van der Waals surface area contributed by atoms with E-state index in [1.54, 1.807) is 0 Å². The van der Waals surface area contributed by atoms with Crippen LogP contribution in [0.4, 0.5) is 0 Å². The molecule has 0 aliphatic carbocycles. The zero-order valence-corrected chi connectivity index (χ0v) is 17.5. The summed E-state index contributed by atoms with van der Waals surface area (Å²) in [5, 5.41) is 11.8. The van der Waals surface area contributed by atoms with Gasteiger partial charge in [0.05, 0.1) is 5.92 Å². The number of esters is 1. The van der Waals surface area contributed by atoms with Crippen molar-refractivity contribution in [2.45, 2.75) is 106 Å². The van der Waals surface area contributed by atoms with Crippen LogP contribution in [0.2, 0.25) is 0 Å². The van der Waals surface area contributed by atoms with Crippen molar-refractivity contribution in [2.75, 3.05) is 0 Å². The summed E-state index contributed by atoms with van der Waals surface area (Å²) < 4.78 is 5.97. The quantitative estimate of drug-likeness (QED) is 0.731. The smallest absolute Gasteiger partial charge is 0.309 e. The van der Waals surface area contributed by atoms with Gasteiger partial charge in [-0.25, -0.2) is 0 Å². The van der Waals surface area contributed by atoms with Gasteiger partial charge < -0.3 is 9.94 Å². The summed E-state index contributed by atoms with van der Waals surface area (Å²) >= 11 is 0. The van der Waals surface area contributed by atoms with Gasteiger partial charge in [-0.1, -0.05) is 41.5 Å². The fourth-order valence-electron chi connectivity index (χ4n) is 3.86. The number of rotatable bonds is 3. The Bertz CT molecular complexity index is 436. The maximum atomic E-state index is 12.9.